The van der Waals surface area contributed by atoms with E-state index >= 15 is 0 Å². The number of hydrogen-bond donors (Lipinski definition) is 1. The molecule has 2 bridgehead atoms. The summed E-state index contributed by atoms with van der Waals surface area (Å²) in [7, 11) is 0. The highest BCUT2D eigenvalue weighted by molar-refractivity contribution is 5.88. The fourth-order valence-corrected chi connectivity index (χ4v) is 5.05. The third-order valence-electron chi connectivity index (χ3n) is 6.41. The summed E-state index contributed by atoms with van der Waals surface area (Å²) < 4.78 is 6.22. The second-order valence-corrected chi connectivity index (χ2v) is 8.12. The third-order valence-corrected chi connectivity index (χ3v) is 6.41. The zero-order chi connectivity index (χ0) is 20.0. The van der Waals surface area contributed by atoms with E-state index in [1.807, 2.05) is 24.4 Å². The van der Waals surface area contributed by atoms with E-state index in [-0.39, 0.29) is 18.2 Å². The van der Waals surface area contributed by atoms with Gasteiger partial charge >= 0.3 is 6.09 Å². The summed E-state index contributed by atoms with van der Waals surface area (Å²) >= 11 is 0. The van der Waals surface area contributed by atoms with Gasteiger partial charge in [0, 0.05) is 36.5 Å². The summed E-state index contributed by atoms with van der Waals surface area (Å²) in [6.07, 6.45) is 4.58. The summed E-state index contributed by atoms with van der Waals surface area (Å²) in [6, 6.07) is 16.7. The molecule has 0 saturated carbocycles. The molecule has 148 valence electrons. The molecule has 0 spiro atoms. The summed E-state index contributed by atoms with van der Waals surface area (Å²) in [4.78, 5) is 17.6. The lowest BCUT2D eigenvalue weighted by Crippen LogP contribution is -2.48. The fraction of sp³-hybridized carbons (Fsp3) is 0.333. The van der Waals surface area contributed by atoms with E-state index in [1.54, 1.807) is 4.90 Å². The van der Waals surface area contributed by atoms with Gasteiger partial charge in [0.2, 0.25) is 0 Å². The molecule has 1 aromatic heterocycles. The van der Waals surface area contributed by atoms with Crippen molar-refractivity contribution < 1.29 is 14.6 Å². The highest BCUT2D eigenvalue weighted by Crippen LogP contribution is 2.37. The molecule has 2 atom stereocenters. The summed E-state index contributed by atoms with van der Waals surface area (Å²) in [5.74, 6) is 0.846. The molecule has 5 nitrogen and oxygen atoms in total. The largest absolute Gasteiger partial charge is 0.490 e. The summed E-state index contributed by atoms with van der Waals surface area (Å²) in [5, 5.41) is 10.6. The number of aryl methyl sites for hydroxylation is 1. The zero-order valence-corrected chi connectivity index (χ0v) is 16.4. The molecular weight excluding hydrogens is 364 g/mol. The minimum atomic E-state index is -0.791. The highest BCUT2D eigenvalue weighted by atomic mass is 16.5. The number of rotatable bonds is 3. The molecule has 2 unspecified atom stereocenters. The minimum absolute atomic E-state index is 0.0838. The molecule has 0 radical (unpaired) electrons. The Kier molecular flexibility index (Phi) is 4.38. The van der Waals surface area contributed by atoms with Crippen LogP contribution in [-0.4, -0.2) is 39.3 Å². The van der Waals surface area contributed by atoms with E-state index in [2.05, 4.69) is 42.2 Å². The average Bonchev–Trinajstić information content (AvgIpc) is 3.01. The standard InChI is InChI=1S/C24H24N2O3/c1-15-22(11-6-17-3-2-12-25-23(15)17)16-4-9-20(10-5-16)29-21-13-18-7-8-19(14-21)26(18)24(27)28/h2-6,9-12,18-19,21H,7-8,13-14H2,1H3,(H,27,28). The second kappa shape index (κ2) is 7.07. The van der Waals surface area contributed by atoms with Crippen LogP contribution in [0.5, 0.6) is 5.75 Å². The molecule has 2 aliphatic rings. The molecule has 2 aliphatic heterocycles. The predicted molar refractivity (Wildman–Crippen MR) is 112 cm³/mol. The van der Waals surface area contributed by atoms with Crippen LogP contribution in [0.15, 0.2) is 54.7 Å². The van der Waals surface area contributed by atoms with Crippen LogP contribution in [0.3, 0.4) is 0 Å². The monoisotopic (exact) mass is 388 g/mol. The van der Waals surface area contributed by atoms with Gasteiger partial charge in [0.25, 0.3) is 0 Å². The quantitative estimate of drug-likeness (QED) is 0.665. The van der Waals surface area contributed by atoms with Crippen LogP contribution < -0.4 is 4.74 Å². The molecule has 3 heterocycles. The molecule has 29 heavy (non-hydrogen) atoms. The van der Waals surface area contributed by atoms with Gasteiger partial charge in [-0.05, 0) is 54.7 Å². The number of amides is 1. The van der Waals surface area contributed by atoms with Gasteiger partial charge in [-0.3, -0.25) is 4.98 Å². The molecule has 5 heteroatoms. The Labute approximate surface area is 169 Å². The van der Waals surface area contributed by atoms with Crippen molar-refractivity contribution in [2.24, 2.45) is 0 Å². The minimum Gasteiger partial charge on any atom is -0.490 e. The first-order valence-electron chi connectivity index (χ1n) is 10.2. The van der Waals surface area contributed by atoms with E-state index in [4.69, 9.17) is 4.74 Å². The van der Waals surface area contributed by atoms with E-state index in [0.717, 1.165) is 47.9 Å². The lowest BCUT2D eigenvalue weighted by atomic mass is 9.97. The number of benzene rings is 2. The van der Waals surface area contributed by atoms with Gasteiger partial charge in [-0.15, -0.1) is 0 Å². The number of pyridine rings is 1. The number of fused-ring (bicyclic) bond motifs is 3. The van der Waals surface area contributed by atoms with Crippen molar-refractivity contribution in [3.05, 3.63) is 60.3 Å². The normalized spacial score (nSPS) is 23.3. The van der Waals surface area contributed by atoms with Crippen molar-refractivity contribution in [3.63, 3.8) is 0 Å². The summed E-state index contributed by atoms with van der Waals surface area (Å²) in [6.45, 7) is 2.11. The van der Waals surface area contributed by atoms with Crippen molar-refractivity contribution in [2.75, 3.05) is 0 Å². The van der Waals surface area contributed by atoms with E-state index in [1.165, 1.54) is 11.1 Å². The molecule has 2 aromatic carbocycles. The Morgan fingerprint density at radius 1 is 1.07 bits per heavy atom. The Balaban J connectivity index is 1.33. The van der Waals surface area contributed by atoms with Gasteiger partial charge in [0.15, 0.2) is 0 Å². The van der Waals surface area contributed by atoms with Crippen molar-refractivity contribution in [2.45, 2.75) is 50.8 Å². The van der Waals surface area contributed by atoms with E-state index in [0.29, 0.717) is 0 Å². The van der Waals surface area contributed by atoms with E-state index in [9.17, 15) is 9.90 Å². The molecule has 1 amide bonds. The van der Waals surface area contributed by atoms with Crippen LogP contribution in [0.25, 0.3) is 22.0 Å². The Morgan fingerprint density at radius 2 is 1.79 bits per heavy atom. The SMILES string of the molecule is Cc1c(-c2ccc(OC3CC4CCC(C3)N4C(=O)O)cc2)ccc2cccnc12. The molecule has 2 saturated heterocycles. The first kappa shape index (κ1) is 18.0. The number of carbonyl (C=O) groups is 1. The van der Waals surface area contributed by atoms with Gasteiger partial charge < -0.3 is 14.7 Å². The maximum absolute atomic E-state index is 11.4. The number of nitrogens with zero attached hydrogens (tertiary/aromatic N) is 2. The number of ether oxygens (including phenoxy) is 1. The lowest BCUT2D eigenvalue weighted by molar-refractivity contribution is 0.0496. The van der Waals surface area contributed by atoms with Crippen molar-refractivity contribution in [1.82, 2.24) is 9.88 Å². The predicted octanol–water partition coefficient (Wildman–Crippen LogP) is 5.26. The number of aromatic nitrogens is 1. The number of piperidine rings is 1. The molecule has 0 aliphatic carbocycles. The van der Waals surface area contributed by atoms with Gasteiger partial charge in [0.05, 0.1) is 5.52 Å². The van der Waals surface area contributed by atoms with Gasteiger partial charge in [0.1, 0.15) is 11.9 Å². The average molecular weight is 388 g/mol. The Hall–Kier alpha value is -3.08. The maximum atomic E-state index is 11.4. The van der Waals surface area contributed by atoms with Crippen LogP contribution in [0.2, 0.25) is 0 Å². The second-order valence-electron chi connectivity index (χ2n) is 8.12. The third kappa shape index (κ3) is 3.20. The van der Waals surface area contributed by atoms with Crippen molar-refractivity contribution in [1.29, 1.82) is 0 Å². The van der Waals surface area contributed by atoms with Crippen LogP contribution in [0.4, 0.5) is 4.79 Å². The van der Waals surface area contributed by atoms with Crippen LogP contribution >= 0.6 is 0 Å². The highest BCUT2D eigenvalue weighted by Gasteiger charge is 2.44. The number of hydrogen-bond acceptors (Lipinski definition) is 3. The van der Waals surface area contributed by atoms with Crippen LogP contribution in [0.1, 0.15) is 31.2 Å². The van der Waals surface area contributed by atoms with E-state index < -0.39 is 6.09 Å². The zero-order valence-electron chi connectivity index (χ0n) is 16.4. The van der Waals surface area contributed by atoms with Crippen LogP contribution in [-0.2, 0) is 0 Å². The first-order chi connectivity index (χ1) is 14.1. The molecule has 5 rings (SSSR count). The Morgan fingerprint density at radius 3 is 2.48 bits per heavy atom. The first-order valence-corrected chi connectivity index (χ1v) is 10.2. The molecule has 2 fully saturated rings. The van der Waals surface area contributed by atoms with Crippen molar-refractivity contribution >= 4 is 17.0 Å². The smallest absolute Gasteiger partial charge is 0.407 e. The molecule has 1 N–H and O–H groups in total. The lowest BCUT2D eigenvalue weighted by Gasteiger charge is -2.37. The number of carboxylic acid groups (broad SMARTS) is 1. The fourth-order valence-electron chi connectivity index (χ4n) is 5.05. The van der Waals surface area contributed by atoms with Gasteiger partial charge in [-0.2, -0.15) is 0 Å². The Bertz CT molecular complexity index is 1050. The van der Waals surface area contributed by atoms with Gasteiger partial charge in [-0.25, -0.2) is 4.79 Å². The summed E-state index contributed by atoms with van der Waals surface area (Å²) in [5.41, 5.74) is 4.53. The topological polar surface area (TPSA) is 62.7 Å². The van der Waals surface area contributed by atoms with Crippen molar-refractivity contribution in [3.8, 4) is 16.9 Å². The van der Waals surface area contributed by atoms with Gasteiger partial charge in [-0.1, -0.05) is 30.3 Å². The molecular formula is C24H24N2O3. The molecule has 3 aromatic rings. The maximum Gasteiger partial charge on any atom is 0.407 e. The van der Waals surface area contributed by atoms with Crippen LogP contribution in [0, 0.1) is 6.92 Å².